The molecule has 0 aliphatic heterocycles. The molecule has 28 heavy (non-hydrogen) atoms. The van der Waals surface area contributed by atoms with E-state index in [4.69, 9.17) is 0 Å². The van der Waals surface area contributed by atoms with Crippen LogP contribution in [0.3, 0.4) is 0 Å². The molecule has 0 spiro atoms. The Morgan fingerprint density at radius 3 is 2.18 bits per heavy atom. The minimum Gasteiger partial charge on any atom is -0.0789 e. The molecule has 1 heteroatoms. The number of rotatable bonds is 13. The van der Waals surface area contributed by atoms with Crippen LogP contribution in [0.1, 0.15) is 119 Å². The van der Waals surface area contributed by atoms with E-state index >= 15 is 0 Å². The van der Waals surface area contributed by atoms with Crippen LogP contribution in [-0.2, 0) is 12.8 Å². The van der Waals surface area contributed by atoms with Crippen LogP contribution in [0.4, 0.5) is 0 Å². The second-order valence-electron chi connectivity index (χ2n) is 10.4. The van der Waals surface area contributed by atoms with E-state index in [1.165, 1.54) is 89.0 Å². The second kappa shape index (κ2) is 10.8. The Hall–Kier alpha value is -0.0500. The third-order valence-corrected chi connectivity index (χ3v) is 9.09. The highest BCUT2D eigenvalue weighted by Gasteiger charge is 2.38. The largest absolute Gasteiger partial charge is 0.0789 e. The summed E-state index contributed by atoms with van der Waals surface area (Å²) in [6.45, 7) is 14.2. The molecule has 0 N–H and O–H groups in total. The van der Waals surface area contributed by atoms with Crippen molar-refractivity contribution in [1.29, 1.82) is 0 Å². The summed E-state index contributed by atoms with van der Waals surface area (Å²) in [6, 6.07) is 2.48. The molecule has 1 aromatic carbocycles. The van der Waals surface area contributed by atoms with E-state index in [2.05, 4.69) is 70.2 Å². The molecule has 1 saturated carbocycles. The van der Waals surface area contributed by atoms with Gasteiger partial charge in [-0.1, -0.05) is 81.5 Å². The van der Waals surface area contributed by atoms with Crippen LogP contribution in [-0.4, -0.2) is 3.42 Å². The van der Waals surface area contributed by atoms with Crippen LogP contribution >= 0.6 is 22.6 Å². The molecular weight excluding hydrogens is 451 g/mol. The Morgan fingerprint density at radius 2 is 1.54 bits per heavy atom. The quantitative estimate of drug-likeness (QED) is 0.145. The Labute approximate surface area is 189 Å². The van der Waals surface area contributed by atoms with Crippen LogP contribution in [0.15, 0.2) is 6.07 Å². The van der Waals surface area contributed by atoms with Gasteiger partial charge in [-0.05, 0) is 105 Å². The van der Waals surface area contributed by atoms with Crippen molar-refractivity contribution in [1.82, 2.24) is 0 Å². The highest BCUT2D eigenvalue weighted by Crippen LogP contribution is 2.49. The fourth-order valence-electron chi connectivity index (χ4n) is 4.40. The van der Waals surface area contributed by atoms with Gasteiger partial charge in [0.2, 0.25) is 0 Å². The number of hydrogen-bond acceptors (Lipinski definition) is 0. The predicted octanol–water partition coefficient (Wildman–Crippen LogP) is 9.22. The van der Waals surface area contributed by atoms with E-state index in [0.29, 0.717) is 8.84 Å². The minimum absolute atomic E-state index is 0.528. The lowest BCUT2D eigenvalue weighted by Crippen LogP contribution is -2.09. The lowest BCUT2D eigenvalue weighted by molar-refractivity contribution is 0.308. The van der Waals surface area contributed by atoms with Gasteiger partial charge >= 0.3 is 0 Å². The van der Waals surface area contributed by atoms with Gasteiger partial charge in [0.25, 0.3) is 0 Å². The number of aryl methyl sites for hydroxylation is 2. The van der Waals surface area contributed by atoms with Gasteiger partial charge < -0.3 is 0 Å². The molecule has 1 fully saturated rings. The third kappa shape index (κ3) is 7.65. The fourth-order valence-corrected chi connectivity index (χ4v) is 5.06. The van der Waals surface area contributed by atoms with Crippen molar-refractivity contribution in [3.63, 3.8) is 0 Å². The lowest BCUT2D eigenvalue weighted by Gasteiger charge is -2.22. The fraction of sp³-hybridized carbons (Fsp3) is 0.778. The van der Waals surface area contributed by atoms with Gasteiger partial charge in [0.15, 0.2) is 0 Å². The zero-order valence-corrected chi connectivity index (χ0v) is 21.8. The van der Waals surface area contributed by atoms with E-state index in [1.54, 1.807) is 22.3 Å². The van der Waals surface area contributed by atoms with Gasteiger partial charge in [0.05, 0.1) is 0 Å². The van der Waals surface area contributed by atoms with Crippen molar-refractivity contribution in [3.05, 3.63) is 33.9 Å². The summed E-state index contributed by atoms with van der Waals surface area (Å²) in [5.74, 6) is 0. The Balaban J connectivity index is 1.82. The zero-order valence-electron chi connectivity index (χ0n) is 19.6. The van der Waals surface area contributed by atoms with E-state index in [0.717, 1.165) is 0 Å². The van der Waals surface area contributed by atoms with Crippen molar-refractivity contribution in [2.24, 2.45) is 5.41 Å². The molecule has 2 rings (SSSR count). The Bertz CT molecular complexity index is 622. The van der Waals surface area contributed by atoms with Gasteiger partial charge in [-0.15, -0.1) is 0 Å². The molecule has 0 saturated heterocycles. The minimum atomic E-state index is 0.528. The maximum atomic E-state index is 2.70. The first kappa shape index (κ1) is 24.2. The summed E-state index contributed by atoms with van der Waals surface area (Å²) in [5, 5.41) is 0. The molecule has 0 heterocycles. The lowest BCUT2D eigenvalue weighted by atomic mass is 9.84. The first-order valence-corrected chi connectivity index (χ1v) is 13.0. The van der Waals surface area contributed by atoms with Crippen molar-refractivity contribution in [2.75, 3.05) is 0 Å². The SMILES string of the molecule is CCC(C)(C)CCCCCc1cc(C)c(C)c(CCCCCC2(I)CC2)c1C. The number of alkyl halides is 1. The van der Waals surface area contributed by atoms with Crippen LogP contribution in [0, 0.1) is 26.2 Å². The highest BCUT2D eigenvalue weighted by atomic mass is 127. The molecule has 0 nitrogen and oxygen atoms in total. The summed E-state index contributed by atoms with van der Waals surface area (Å²) < 4.78 is 0.701. The molecule has 0 radical (unpaired) electrons. The van der Waals surface area contributed by atoms with Gasteiger partial charge in [0, 0.05) is 3.42 Å². The van der Waals surface area contributed by atoms with Gasteiger partial charge in [0.1, 0.15) is 0 Å². The van der Waals surface area contributed by atoms with Gasteiger partial charge in [-0.25, -0.2) is 0 Å². The molecule has 0 amide bonds. The molecule has 1 aliphatic carbocycles. The summed E-state index contributed by atoms with van der Waals surface area (Å²) in [4.78, 5) is 0. The third-order valence-electron chi connectivity index (χ3n) is 7.47. The van der Waals surface area contributed by atoms with Crippen LogP contribution in [0.5, 0.6) is 0 Å². The maximum Gasteiger partial charge on any atom is 0.0223 e. The smallest absolute Gasteiger partial charge is 0.0223 e. The Morgan fingerprint density at radius 1 is 0.893 bits per heavy atom. The Kier molecular flexibility index (Phi) is 9.36. The summed E-state index contributed by atoms with van der Waals surface area (Å²) in [7, 11) is 0. The number of unbranched alkanes of at least 4 members (excludes halogenated alkanes) is 4. The average molecular weight is 497 g/mol. The van der Waals surface area contributed by atoms with Gasteiger partial charge in [-0.2, -0.15) is 0 Å². The summed E-state index contributed by atoms with van der Waals surface area (Å²) in [5.41, 5.74) is 8.48. The molecule has 160 valence electrons. The first-order valence-electron chi connectivity index (χ1n) is 11.9. The molecule has 0 unspecified atom stereocenters. The normalized spacial score (nSPS) is 15.8. The molecule has 0 atom stereocenters. The van der Waals surface area contributed by atoms with E-state index < -0.39 is 0 Å². The molecule has 0 bridgehead atoms. The first-order chi connectivity index (χ1) is 13.2. The highest BCUT2D eigenvalue weighted by molar-refractivity contribution is 14.1. The van der Waals surface area contributed by atoms with Crippen molar-refractivity contribution < 1.29 is 0 Å². The van der Waals surface area contributed by atoms with E-state index in [1.807, 2.05) is 0 Å². The van der Waals surface area contributed by atoms with E-state index in [-0.39, 0.29) is 0 Å². The molecule has 0 aromatic heterocycles. The van der Waals surface area contributed by atoms with Crippen LogP contribution < -0.4 is 0 Å². The van der Waals surface area contributed by atoms with E-state index in [9.17, 15) is 0 Å². The summed E-state index contributed by atoms with van der Waals surface area (Å²) >= 11 is 2.70. The van der Waals surface area contributed by atoms with Crippen LogP contribution in [0.2, 0.25) is 0 Å². The summed E-state index contributed by atoms with van der Waals surface area (Å²) in [6.07, 6.45) is 17.9. The maximum absolute atomic E-state index is 2.70. The van der Waals surface area contributed by atoms with Gasteiger partial charge in [-0.3, -0.25) is 0 Å². The average Bonchev–Trinajstić information content (AvgIpc) is 3.38. The zero-order chi connectivity index (χ0) is 20.8. The predicted molar refractivity (Wildman–Crippen MR) is 135 cm³/mol. The molecule has 1 aromatic rings. The number of hydrogen-bond donors (Lipinski definition) is 0. The number of benzene rings is 1. The van der Waals surface area contributed by atoms with Crippen molar-refractivity contribution in [3.8, 4) is 0 Å². The van der Waals surface area contributed by atoms with Crippen LogP contribution in [0.25, 0.3) is 0 Å². The molecule has 1 aliphatic rings. The monoisotopic (exact) mass is 496 g/mol. The van der Waals surface area contributed by atoms with Crippen molar-refractivity contribution in [2.45, 2.75) is 128 Å². The second-order valence-corrected chi connectivity index (χ2v) is 12.7. The topological polar surface area (TPSA) is 0 Å². The standard InChI is InChI=1S/C27H45I/c1-7-26(5,6)16-12-8-10-14-24-20-21(2)22(3)25(23(24)4)15-11-9-13-17-27(28)18-19-27/h20H,7-19H2,1-6H3. The molecular formula is C27H45I. The van der Waals surface area contributed by atoms with Crippen molar-refractivity contribution >= 4 is 22.6 Å². The number of halogens is 1.